The molecule has 0 spiro atoms. The molecule has 0 fully saturated rings. The Morgan fingerprint density at radius 1 is 1.09 bits per heavy atom. The summed E-state index contributed by atoms with van der Waals surface area (Å²) >= 11 is 1.25. The largest absolute Gasteiger partial charge is 0.494 e. The van der Waals surface area contributed by atoms with E-state index in [0.29, 0.717) is 24.7 Å². The molecule has 2 aromatic rings. The summed E-state index contributed by atoms with van der Waals surface area (Å²) in [6.45, 7) is 4.88. The second-order valence-electron chi connectivity index (χ2n) is 4.72. The topological polar surface area (TPSA) is 55.8 Å². The van der Waals surface area contributed by atoms with Crippen LogP contribution in [0, 0.1) is 0 Å². The maximum Gasteiger partial charge on any atom is 0.321 e. The molecule has 4 nitrogen and oxygen atoms in total. The molecule has 1 atom stereocenters. The smallest absolute Gasteiger partial charge is 0.321 e. The van der Waals surface area contributed by atoms with Crippen molar-refractivity contribution in [3.63, 3.8) is 0 Å². The first kappa shape index (κ1) is 17.2. The fraction of sp³-hybridized carbons (Fsp3) is 0.278. The minimum atomic E-state index is -0.884. The van der Waals surface area contributed by atoms with Crippen LogP contribution in [0.4, 0.5) is 0 Å². The lowest BCUT2D eigenvalue weighted by atomic mass is 10.1. The average molecular weight is 332 g/mol. The van der Waals surface area contributed by atoms with E-state index in [0.717, 1.165) is 10.5 Å². The molecule has 5 heteroatoms. The van der Waals surface area contributed by atoms with E-state index >= 15 is 0 Å². The number of benzene rings is 2. The number of carbonyl (C=O) groups is 1. The molecule has 23 heavy (non-hydrogen) atoms. The van der Waals surface area contributed by atoms with E-state index in [-0.39, 0.29) is 0 Å². The monoisotopic (exact) mass is 332 g/mol. The van der Waals surface area contributed by atoms with Gasteiger partial charge in [-0.05, 0) is 37.6 Å². The molecular weight excluding hydrogens is 312 g/mol. The van der Waals surface area contributed by atoms with Gasteiger partial charge in [0.25, 0.3) is 0 Å². The molecule has 0 aliphatic rings. The summed E-state index contributed by atoms with van der Waals surface area (Å²) in [5.74, 6) is 0.490. The van der Waals surface area contributed by atoms with Crippen LogP contribution in [0.1, 0.15) is 24.7 Å². The molecule has 2 rings (SSSR count). The van der Waals surface area contributed by atoms with Crippen molar-refractivity contribution in [3.05, 3.63) is 54.1 Å². The summed E-state index contributed by atoms with van der Waals surface area (Å²) < 4.78 is 11.1. The van der Waals surface area contributed by atoms with Crippen molar-refractivity contribution in [2.75, 3.05) is 13.2 Å². The van der Waals surface area contributed by atoms with Gasteiger partial charge in [0, 0.05) is 0 Å². The van der Waals surface area contributed by atoms with Crippen LogP contribution in [-0.4, -0.2) is 24.3 Å². The molecule has 0 radical (unpaired) electrons. The van der Waals surface area contributed by atoms with E-state index in [1.54, 1.807) is 0 Å². The van der Waals surface area contributed by atoms with Crippen molar-refractivity contribution in [1.82, 2.24) is 0 Å². The number of hydrogen-bond donors (Lipinski definition) is 1. The van der Waals surface area contributed by atoms with Gasteiger partial charge < -0.3 is 14.6 Å². The van der Waals surface area contributed by atoms with Gasteiger partial charge in [-0.25, -0.2) is 0 Å². The van der Waals surface area contributed by atoms with Gasteiger partial charge in [0.05, 0.1) is 18.1 Å². The van der Waals surface area contributed by atoms with Gasteiger partial charge >= 0.3 is 5.97 Å². The van der Waals surface area contributed by atoms with Gasteiger partial charge in [0.1, 0.15) is 16.7 Å². The van der Waals surface area contributed by atoms with Gasteiger partial charge in [-0.1, -0.05) is 30.3 Å². The first-order chi connectivity index (χ1) is 11.2. The summed E-state index contributed by atoms with van der Waals surface area (Å²) in [5, 5.41) is 8.89. The standard InChI is InChI=1S/C18H20O4S/c1-3-21-14-10-11-15(22-4-2)16(12-14)23-17(18(19)20)13-8-6-5-7-9-13/h5-12,17H,3-4H2,1-2H3,(H,19,20). The molecule has 0 amide bonds. The van der Waals surface area contributed by atoms with Gasteiger partial charge in [-0.3, -0.25) is 4.79 Å². The van der Waals surface area contributed by atoms with Crippen molar-refractivity contribution < 1.29 is 19.4 Å². The van der Waals surface area contributed by atoms with Crippen LogP contribution < -0.4 is 9.47 Å². The van der Waals surface area contributed by atoms with E-state index < -0.39 is 11.2 Å². The highest BCUT2D eigenvalue weighted by molar-refractivity contribution is 8.00. The van der Waals surface area contributed by atoms with Crippen LogP contribution in [0.15, 0.2) is 53.4 Å². The lowest BCUT2D eigenvalue weighted by Crippen LogP contribution is -2.08. The molecule has 0 aliphatic heterocycles. The molecule has 0 heterocycles. The Kier molecular flexibility index (Phi) is 6.35. The fourth-order valence-electron chi connectivity index (χ4n) is 2.13. The Balaban J connectivity index is 2.34. The second kappa shape index (κ2) is 8.48. The normalized spacial score (nSPS) is 11.7. The maximum absolute atomic E-state index is 11.7. The summed E-state index contributed by atoms with van der Waals surface area (Å²) in [6, 6.07) is 14.7. The van der Waals surface area contributed by atoms with Gasteiger partial charge in [-0.15, -0.1) is 11.8 Å². The summed E-state index contributed by atoms with van der Waals surface area (Å²) in [4.78, 5) is 12.4. The van der Waals surface area contributed by atoms with Crippen LogP contribution in [0.5, 0.6) is 11.5 Å². The van der Waals surface area contributed by atoms with Crippen LogP contribution in [0.25, 0.3) is 0 Å². The maximum atomic E-state index is 11.7. The van der Waals surface area contributed by atoms with E-state index in [9.17, 15) is 9.90 Å². The zero-order valence-electron chi connectivity index (χ0n) is 13.2. The molecule has 122 valence electrons. The Hall–Kier alpha value is -2.14. The van der Waals surface area contributed by atoms with Crippen LogP contribution in [0.3, 0.4) is 0 Å². The summed E-state index contributed by atoms with van der Waals surface area (Å²) in [5.41, 5.74) is 0.745. The first-order valence-electron chi connectivity index (χ1n) is 7.49. The molecule has 0 aliphatic carbocycles. The van der Waals surface area contributed by atoms with Crippen molar-refractivity contribution in [2.24, 2.45) is 0 Å². The zero-order valence-corrected chi connectivity index (χ0v) is 14.0. The third-order valence-corrected chi connectivity index (χ3v) is 4.38. The number of carboxylic acids is 1. The van der Waals surface area contributed by atoms with Crippen LogP contribution in [0.2, 0.25) is 0 Å². The Labute approximate surface area is 140 Å². The van der Waals surface area contributed by atoms with Crippen molar-refractivity contribution in [3.8, 4) is 11.5 Å². The highest BCUT2D eigenvalue weighted by atomic mass is 32.2. The molecule has 1 N–H and O–H groups in total. The van der Waals surface area contributed by atoms with Crippen LogP contribution >= 0.6 is 11.8 Å². The Morgan fingerprint density at radius 2 is 1.78 bits per heavy atom. The molecule has 0 saturated heterocycles. The predicted molar refractivity (Wildman–Crippen MR) is 91.5 cm³/mol. The summed E-state index contributed by atoms with van der Waals surface area (Å²) in [6.07, 6.45) is 0. The molecule has 1 unspecified atom stereocenters. The molecule has 2 aromatic carbocycles. The number of hydrogen-bond acceptors (Lipinski definition) is 4. The van der Waals surface area contributed by atoms with Crippen molar-refractivity contribution in [2.45, 2.75) is 24.0 Å². The molecule has 0 bridgehead atoms. The zero-order chi connectivity index (χ0) is 16.7. The Bertz CT molecular complexity index is 643. The van der Waals surface area contributed by atoms with Crippen molar-refractivity contribution in [1.29, 1.82) is 0 Å². The number of ether oxygens (including phenoxy) is 2. The van der Waals surface area contributed by atoms with E-state index in [1.807, 2.05) is 62.4 Å². The van der Waals surface area contributed by atoms with E-state index in [1.165, 1.54) is 11.8 Å². The second-order valence-corrected chi connectivity index (χ2v) is 5.87. The summed E-state index contributed by atoms with van der Waals surface area (Å²) in [7, 11) is 0. The highest BCUT2D eigenvalue weighted by Gasteiger charge is 2.23. The van der Waals surface area contributed by atoms with E-state index in [2.05, 4.69) is 0 Å². The number of thioether (sulfide) groups is 1. The molecule has 0 aromatic heterocycles. The first-order valence-corrected chi connectivity index (χ1v) is 8.37. The Morgan fingerprint density at radius 3 is 2.39 bits per heavy atom. The number of aliphatic carboxylic acids is 1. The average Bonchev–Trinajstić information content (AvgIpc) is 2.55. The number of rotatable bonds is 8. The fourth-order valence-corrected chi connectivity index (χ4v) is 3.20. The van der Waals surface area contributed by atoms with Crippen molar-refractivity contribution >= 4 is 17.7 Å². The number of carboxylic acid groups (broad SMARTS) is 1. The lowest BCUT2D eigenvalue weighted by molar-refractivity contribution is -0.136. The minimum Gasteiger partial charge on any atom is -0.494 e. The van der Waals surface area contributed by atoms with Gasteiger partial charge in [-0.2, -0.15) is 0 Å². The SMILES string of the molecule is CCOc1ccc(OCC)c(SC(C(=O)O)c2ccccc2)c1. The predicted octanol–water partition coefficient (Wildman–Crippen LogP) is 4.40. The van der Waals surface area contributed by atoms with E-state index in [4.69, 9.17) is 9.47 Å². The highest BCUT2D eigenvalue weighted by Crippen LogP contribution is 2.41. The molecule has 0 saturated carbocycles. The lowest BCUT2D eigenvalue weighted by Gasteiger charge is -2.16. The van der Waals surface area contributed by atoms with Crippen LogP contribution in [-0.2, 0) is 4.79 Å². The van der Waals surface area contributed by atoms with Gasteiger partial charge in [0.2, 0.25) is 0 Å². The quantitative estimate of drug-likeness (QED) is 0.726. The van der Waals surface area contributed by atoms with Gasteiger partial charge in [0.15, 0.2) is 0 Å². The molecular formula is C18H20O4S. The third kappa shape index (κ3) is 4.66. The minimum absolute atomic E-state index is 0.518. The third-order valence-electron chi connectivity index (χ3n) is 3.10.